The number of benzene rings is 1. The molecule has 0 fully saturated rings. The van der Waals surface area contributed by atoms with Gasteiger partial charge in [-0.3, -0.25) is 10.1 Å². The number of aromatic nitrogens is 1. The molecule has 26 heavy (non-hydrogen) atoms. The minimum Gasteiger partial charge on any atom is -0.495 e. The van der Waals surface area contributed by atoms with Crippen LogP contribution in [-0.2, 0) is 4.74 Å². The molecular weight excluding hydrogens is 358 g/mol. The summed E-state index contributed by atoms with van der Waals surface area (Å²) in [4.78, 5) is 28.1. The van der Waals surface area contributed by atoms with Crippen molar-refractivity contribution in [2.75, 3.05) is 17.7 Å². The van der Waals surface area contributed by atoms with Crippen molar-refractivity contribution >= 4 is 35.0 Å². The molecule has 2 rings (SSSR count). The summed E-state index contributed by atoms with van der Waals surface area (Å²) in [6.07, 6.45) is 0.820. The maximum Gasteiger partial charge on any atom is 0.412 e. The molecule has 0 saturated heterocycles. The van der Waals surface area contributed by atoms with E-state index in [1.54, 1.807) is 45.0 Å². The van der Waals surface area contributed by atoms with Crippen molar-refractivity contribution in [1.82, 2.24) is 4.98 Å². The Hall–Kier alpha value is -2.80. The fourth-order valence-corrected chi connectivity index (χ4v) is 2.22. The molecule has 0 saturated carbocycles. The summed E-state index contributed by atoms with van der Waals surface area (Å²) in [6, 6.07) is 7.86. The van der Waals surface area contributed by atoms with E-state index in [-0.39, 0.29) is 11.1 Å². The van der Waals surface area contributed by atoms with Gasteiger partial charge in [0.05, 0.1) is 12.8 Å². The van der Waals surface area contributed by atoms with E-state index in [1.807, 2.05) is 0 Å². The van der Waals surface area contributed by atoms with Gasteiger partial charge < -0.3 is 14.8 Å². The van der Waals surface area contributed by atoms with Gasteiger partial charge in [0, 0.05) is 17.4 Å². The summed E-state index contributed by atoms with van der Waals surface area (Å²) >= 11 is 5.80. The third-order valence-electron chi connectivity index (χ3n) is 3.08. The molecule has 0 aliphatic heterocycles. The highest BCUT2D eigenvalue weighted by atomic mass is 35.5. The smallest absolute Gasteiger partial charge is 0.412 e. The second kappa shape index (κ2) is 8.05. The van der Waals surface area contributed by atoms with E-state index in [0.29, 0.717) is 22.7 Å². The second-order valence-electron chi connectivity index (χ2n) is 6.36. The van der Waals surface area contributed by atoms with Crippen molar-refractivity contribution in [2.45, 2.75) is 26.4 Å². The first-order chi connectivity index (χ1) is 12.2. The molecule has 0 aliphatic rings. The number of anilines is 2. The van der Waals surface area contributed by atoms with Crippen molar-refractivity contribution in [1.29, 1.82) is 0 Å². The number of hydrogen-bond donors (Lipinski definition) is 2. The van der Waals surface area contributed by atoms with Crippen LogP contribution >= 0.6 is 11.6 Å². The van der Waals surface area contributed by atoms with Crippen molar-refractivity contribution in [2.24, 2.45) is 0 Å². The summed E-state index contributed by atoms with van der Waals surface area (Å²) < 4.78 is 10.5. The Kier molecular flexibility index (Phi) is 6.05. The van der Waals surface area contributed by atoms with Gasteiger partial charge >= 0.3 is 6.09 Å². The van der Waals surface area contributed by atoms with Crippen molar-refractivity contribution < 1.29 is 19.1 Å². The third kappa shape index (κ3) is 5.63. The summed E-state index contributed by atoms with van der Waals surface area (Å²) in [7, 11) is 1.48. The molecule has 0 unspecified atom stereocenters. The highest BCUT2D eigenvalue weighted by Gasteiger charge is 2.18. The number of rotatable bonds is 4. The number of nitrogens with one attached hydrogen (secondary N) is 2. The van der Waals surface area contributed by atoms with Crippen molar-refractivity contribution in [3.8, 4) is 5.75 Å². The van der Waals surface area contributed by atoms with E-state index >= 15 is 0 Å². The number of carbonyl (C=O) groups excluding carboxylic acids is 2. The van der Waals surface area contributed by atoms with Gasteiger partial charge in [-0.1, -0.05) is 11.6 Å². The van der Waals surface area contributed by atoms with Crippen LogP contribution < -0.4 is 15.4 Å². The van der Waals surface area contributed by atoms with Crippen molar-refractivity contribution in [3.05, 3.63) is 47.2 Å². The molecule has 1 aromatic heterocycles. The van der Waals surface area contributed by atoms with Gasteiger partial charge in [-0.05, 0) is 51.1 Å². The van der Waals surface area contributed by atoms with Crippen LogP contribution in [0.2, 0.25) is 5.15 Å². The van der Waals surface area contributed by atoms with E-state index < -0.39 is 11.7 Å². The monoisotopic (exact) mass is 377 g/mol. The minimum atomic E-state index is -0.635. The predicted molar refractivity (Wildman–Crippen MR) is 100 cm³/mol. The minimum absolute atomic E-state index is 0.222. The Morgan fingerprint density at radius 2 is 1.85 bits per heavy atom. The summed E-state index contributed by atoms with van der Waals surface area (Å²) in [5.74, 6) is 0.0727. The molecule has 2 N–H and O–H groups in total. The Morgan fingerprint density at radius 1 is 1.12 bits per heavy atom. The van der Waals surface area contributed by atoms with Gasteiger partial charge in [0.25, 0.3) is 5.91 Å². The standard InChI is InChI=1S/C18H20ClN3O4/c1-18(2,3)26-17(24)22-13-10-12(5-6-14(13)25-4)21-16(23)11-7-8-20-15(19)9-11/h5-10H,1-4H3,(H,21,23)(H,22,24). The molecule has 0 aliphatic carbocycles. The fraction of sp³-hybridized carbons (Fsp3) is 0.278. The lowest BCUT2D eigenvalue weighted by Crippen LogP contribution is -2.27. The third-order valence-corrected chi connectivity index (χ3v) is 3.29. The highest BCUT2D eigenvalue weighted by Crippen LogP contribution is 2.28. The number of hydrogen-bond acceptors (Lipinski definition) is 5. The van der Waals surface area contributed by atoms with Gasteiger partial charge in [-0.25, -0.2) is 9.78 Å². The Morgan fingerprint density at radius 3 is 2.46 bits per heavy atom. The maximum atomic E-state index is 12.3. The first kappa shape index (κ1) is 19.5. The molecule has 0 atom stereocenters. The van der Waals surface area contributed by atoms with Crippen LogP contribution in [0.4, 0.5) is 16.2 Å². The van der Waals surface area contributed by atoms with E-state index in [1.165, 1.54) is 19.4 Å². The van der Waals surface area contributed by atoms with Gasteiger partial charge in [0.2, 0.25) is 0 Å². The summed E-state index contributed by atoms with van der Waals surface area (Å²) in [5, 5.41) is 5.56. The highest BCUT2D eigenvalue weighted by molar-refractivity contribution is 6.29. The first-order valence-electron chi connectivity index (χ1n) is 7.79. The number of halogens is 1. The van der Waals surface area contributed by atoms with Gasteiger partial charge in [0.15, 0.2) is 0 Å². The fourth-order valence-electron chi connectivity index (χ4n) is 2.04. The lowest BCUT2D eigenvalue weighted by Gasteiger charge is -2.20. The average Bonchev–Trinajstić information content (AvgIpc) is 2.53. The molecule has 0 spiro atoms. The van der Waals surface area contributed by atoms with E-state index in [4.69, 9.17) is 21.1 Å². The molecule has 1 heterocycles. The lowest BCUT2D eigenvalue weighted by molar-refractivity contribution is 0.0635. The lowest BCUT2D eigenvalue weighted by atomic mass is 10.2. The largest absolute Gasteiger partial charge is 0.495 e. The number of ether oxygens (including phenoxy) is 2. The molecular formula is C18H20ClN3O4. The average molecular weight is 378 g/mol. The zero-order valence-electron chi connectivity index (χ0n) is 14.9. The van der Waals surface area contributed by atoms with Crippen LogP contribution in [0.1, 0.15) is 31.1 Å². The SMILES string of the molecule is COc1ccc(NC(=O)c2ccnc(Cl)c2)cc1NC(=O)OC(C)(C)C. The zero-order valence-corrected chi connectivity index (χ0v) is 15.7. The van der Waals surface area contributed by atoms with E-state index in [2.05, 4.69) is 15.6 Å². The normalized spacial score (nSPS) is 10.8. The van der Waals surface area contributed by atoms with E-state index in [0.717, 1.165) is 0 Å². The molecule has 8 heteroatoms. The van der Waals surface area contributed by atoms with Crippen LogP contribution in [0.25, 0.3) is 0 Å². The molecule has 2 aromatic rings. The van der Waals surface area contributed by atoms with Gasteiger partial charge in [0.1, 0.15) is 16.5 Å². The topological polar surface area (TPSA) is 89.5 Å². The van der Waals surface area contributed by atoms with Crippen LogP contribution in [0.15, 0.2) is 36.5 Å². The number of amides is 2. The van der Waals surface area contributed by atoms with Crippen LogP contribution in [0.3, 0.4) is 0 Å². The number of nitrogens with zero attached hydrogens (tertiary/aromatic N) is 1. The zero-order chi connectivity index (χ0) is 19.3. The van der Waals surface area contributed by atoms with Gasteiger partial charge in [-0.15, -0.1) is 0 Å². The quantitative estimate of drug-likeness (QED) is 0.773. The molecule has 138 valence electrons. The molecule has 0 radical (unpaired) electrons. The molecule has 2 amide bonds. The molecule has 0 bridgehead atoms. The number of carbonyl (C=O) groups is 2. The Labute approximate surface area is 156 Å². The summed E-state index contributed by atoms with van der Waals surface area (Å²) in [6.45, 7) is 5.29. The second-order valence-corrected chi connectivity index (χ2v) is 6.75. The Bertz CT molecular complexity index is 818. The van der Waals surface area contributed by atoms with E-state index in [9.17, 15) is 9.59 Å². The number of methoxy groups -OCH3 is 1. The predicted octanol–water partition coefficient (Wildman–Crippen LogP) is 4.34. The van der Waals surface area contributed by atoms with Crippen LogP contribution in [-0.4, -0.2) is 29.7 Å². The first-order valence-corrected chi connectivity index (χ1v) is 8.17. The number of pyridine rings is 1. The van der Waals surface area contributed by atoms with Crippen LogP contribution in [0, 0.1) is 0 Å². The Balaban J connectivity index is 2.18. The molecule has 7 nitrogen and oxygen atoms in total. The van der Waals surface area contributed by atoms with Crippen LogP contribution in [0.5, 0.6) is 5.75 Å². The van der Waals surface area contributed by atoms with Crippen molar-refractivity contribution in [3.63, 3.8) is 0 Å². The maximum absolute atomic E-state index is 12.3. The van der Waals surface area contributed by atoms with Gasteiger partial charge in [-0.2, -0.15) is 0 Å². The molecule has 1 aromatic carbocycles. The summed E-state index contributed by atoms with van der Waals surface area (Å²) in [5.41, 5.74) is 0.564.